The minimum atomic E-state index is 0.479. The van der Waals surface area contributed by atoms with E-state index >= 15 is 0 Å². The summed E-state index contributed by atoms with van der Waals surface area (Å²) in [7, 11) is 0. The summed E-state index contributed by atoms with van der Waals surface area (Å²) in [6.45, 7) is 8.72. The number of rotatable bonds is 8. The Morgan fingerprint density at radius 2 is 1.07 bits per heavy atom. The summed E-state index contributed by atoms with van der Waals surface area (Å²) in [5.41, 5.74) is 0. The van der Waals surface area contributed by atoms with Crippen LogP contribution in [0.4, 0.5) is 0 Å². The van der Waals surface area contributed by atoms with E-state index in [1.807, 2.05) is 0 Å². The largest absolute Gasteiger partial charge is 0.300 e. The van der Waals surface area contributed by atoms with Gasteiger partial charge in [-0.2, -0.15) is 0 Å². The van der Waals surface area contributed by atoms with Gasteiger partial charge in [0.05, 0.1) is 0 Å². The Hall–Kier alpha value is -0.330. The molecule has 0 saturated heterocycles. The molecule has 0 aliphatic heterocycles. The van der Waals surface area contributed by atoms with Crippen LogP contribution in [0.5, 0.6) is 0 Å². The zero-order valence-electron chi connectivity index (χ0n) is 10.3. The lowest BCUT2D eigenvalue weighted by atomic mass is 9.90. The van der Waals surface area contributed by atoms with E-state index in [1.165, 1.54) is 0 Å². The number of hydrogen-bond acceptors (Lipinski definition) is 1. The average Bonchev–Trinajstić information content (AvgIpc) is 2.22. The highest BCUT2D eigenvalue weighted by Crippen LogP contribution is 2.19. The average molecular weight is 198 g/mol. The molecule has 84 valence electrons. The molecule has 0 aromatic rings. The molecule has 1 heteroatoms. The van der Waals surface area contributed by atoms with Crippen molar-refractivity contribution >= 4 is 5.78 Å². The lowest BCUT2D eigenvalue weighted by Gasteiger charge is -2.14. The number of ketones is 1. The molecule has 0 saturated carbocycles. The smallest absolute Gasteiger partial charge is 0.133 e. The molecule has 0 amide bonds. The van der Waals surface area contributed by atoms with Gasteiger partial charge in [-0.25, -0.2) is 0 Å². The lowest BCUT2D eigenvalue weighted by Crippen LogP contribution is -2.11. The normalized spacial score (nSPS) is 11.3. The molecule has 1 nitrogen and oxygen atoms in total. The topological polar surface area (TPSA) is 17.1 Å². The Labute approximate surface area is 89.3 Å². The summed E-state index contributed by atoms with van der Waals surface area (Å²) in [4.78, 5) is 11.7. The Kier molecular flexibility index (Phi) is 7.83. The van der Waals surface area contributed by atoms with Crippen LogP contribution in [0.25, 0.3) is 0 Å². The Bertz CT molecular complexity index is 127. The number of carbonyl (C=O) groups excluding carboxylic acids is 1. The predicted octanol–water partition coefficient (Wildman–Crippen LogP) is 4.21. The molecule has 0 atom stereocenters. The van der Waals surface area contributed by atoms with Crippen LogP contribution in [0.1, 0.15) is 66.2 Å². The van der Waals surface area contributed by atoms with Crippen molar-refractivity contribution in [2.75, 3.05) is 0 Å². The zero-order chi connectivity index (χ0) is 11.0. The molecular weight excluding hydrogens is 172 g/mol. The van der Waals surface area contributed by atoms with Crippen LogP contribution in [0.3, 0.4) is 0 Å². The summed E-state index contributed by atoms with van der Waals surface area (Å²) < 4.78 is 0. The molecule has 0 heterocycles. The minimum absolute atomic E-state index is 0.479. The molecule has 0 aromatic heterocycles. The molecular formula is C13H26O. The molecule has 14 heavy (non-hydrogen) atoms. The monoisotopic (exact) mass is 198 g/mol. The third kappa shape index (κ3) is 5.41. The fourth-order valence-corrected chi connectivity index (χ4v) is 1.88. The van der Waals surface area contributed by atoms with Gasteiger partial charge in [0.2, 0.25) is 0 Å². The van der Waals surface area contributed by atoms with Gasteiger partial charge in [-0.15, -0.1) is 0 Å². The Balaban J connectivity index is 3.83. The van der Waals surface area contributed by atoms with Gasteiger partial charge in [-0.05, 0) is 11.8 Å². The summed E-state index contributed by atoms with van der Waals surface area (Å²) >= 11 is 0. The highest BCUT2D eigenvalue weighted by molar-refractivity contribution is 5.78. The molecule has 0 aromatic carbocycles. The predicted molar refractivity (Wildman–Crippen MR) is 62.4 cm³/mol. The SMILES string of the molecule is CCC(CC)CC(=O)CC(CC)CC. The van der Waals surface area contributed by atoms with Crippen LogP contribution in [0.2, 0.25) is 0 Å². The second-order valence-electron chi connectivity index (χ2n) is 4.31. The van der Waals surface area contributed by atoms with Gasteiger partial charge in [0, 0.05) is 12.8 Å². The lowest BCUT2D eigenvalue weighted by molar-refractivity contribution is -0.121. The molecule has 0 unspecified atom stereocenters. The van der Waals surface area contributed by atoms with E-state index in [0.29, 0.717) is 17.6 Å². The molecule has 0 spiro atoms. The first-order valence-electron chi connectivity index (χ1n) is 6.19. The Morgan fingerprint density at radius 1 is 0.786 bits per heavy atom. The first kappa shape index (κ1) is 13.7. The summed E-state index contributed by atoms with van der Waals surface area (Å²) in [5, 5.41) is 0. The van der Waals surface area contributed by atoms with Crippen LogP contribution < -0.4 is 0 Å². The van der Waals surface area contributed by atoms with Crippen LogP contribution >= 0.6 is 0 Å². The molecule has 0 N–H and O–H groups in total. The zero-order valence-corrected chi connectivity index (χ0v) is 10.3. The van der Waals surface area contributed by atoms with Gasteiger partial charge < -0.3 is 0 Å². The maximum absolute atomic E-state index is 11.7. The van der Waals surface area contributed by atoms with Crippen molar-refractivity contribution in [2.24, 2.45) is 11.8 Å². The third-order valence-corrected chi connectivity index (χ3v) is 3.34. The van der Waals surface area contributed by atoms with Crippen molar-refractivity contribution < 1.29 is 4.79 Å². The molecule has 0 fully saturated rings. The highest BCUT2D eigenvalue weighted by atomic mass is 16.1. The quantitative estimate of drug-likeness (QED) is 0.571. The van der Waals surface area contributed by atoms with Gasteiger partial charge in [0.25, 0.3) is 0 Å². The standard InChI is InChI=1S/C13H26O/c1-5-11(6-2)9-13(14)10-12(7-3)8-4/h11-12H,5-10H2,1-4H3. The fraction of sp³-hybridized carbons (Fsp3) is 0.923. The van der Waals surface area contributed by atoms with Crippen molar-refractivity contribution in [1.82, 2.24) is 0 Å². The molecule has 0 bridgehead atoms. The summed E-state index contributed by atoms with van der Waals surface area (Å²) in [5.74, 6) is 1.72. The highest BCUT2D eigenvalue weighted by Gasteiger charge is 2.13. The van der Waals surface area contributed by atoms with E-state index in [0.717, 1.165) is 38.5 Å². The minimum Gasteiger partial charge on any atom is -0.300 e. The van der Waals surface area contributed by atoms with E-state index in [2.05, 4.69) is 27.7 Å². The van der Waals surface area contributed by atoms with E-state index in [4.69, 9.17) is 0 Å². The summed E-state index contributed by atoms with van der Waals surface area (Å²) in [6, 6.07) is 0. The third-order valence-electron chi connectivity index (χ3n) is 3.34. The van der Waals surface area contributed by atoms with Crippen molar-refractivity contribution in [3.8, 4) is 0 Å². The first-order valence-corrected chi connectivity index (χ1v) is 6.19. The number of Topliss-reactive ketones (excluding diaryl/α,β-unsaturated/α-hetero) is 1. The van der Waals surface area contributed by atoms with Crippen molar-refractivity contribution in [3.05, 3.63) is 0 Å². The Morgan fingerprint density at radius 3 is 1.29 bits per heavy atom. The molecule has 0 aliphatic rings. The van der Waals surface area contributed by atoms with Crippen molar-refractivity contribution in [3.63, 3.8) is 0 Å². The first-order chi connectivity index (χ1) is 6.67. The second-order valence-corrected chi connectivity index (χ2v) is 4.31. The van der Waals surface area contributed by atoms with Crippen LogP contribution in [-0.2, 0) is 4.79 Å². The second kappa shape index (κ2) is 8.02. The van der Waals surface area contributed by atoms with E-state index in [-0.39, 0.29) is 0 Å². The molecule has 0 rings (SSSR count). The van der Waals surface area contributed by atoms with Gasteiger partial charge >= 0.3 is 0 Å². The van der Waals surface area contributed by atoms with Crippen LogP contribution in [0.15, 0.2) is 0 Å². The van der Waals surface area contributed by atoms with Crippen molar-refractivity contribution in [2.45, 2.75) is 66.2 Å². The maximum Gasteiger partial charge on any atom is 0.133 e. The van der Waals surface area contributed by atoms with Crippen LogP contribution in [0, 0.1) is 11.8 Å². The number of carbonyl (C=O) groups is 1. The fourth-order valence-electron chi connectivity index (χ4n) is 1.88. The van der Waals surface area contributed by atoms with Gasteiger partial charge in [0.1, 0.15) is 5.78 Å². The van der Waals surface area contributed by atoms with E-state index < -0.39 is 0 Å². The maximum atomic E-state index is 11.7. The van der Waals surface area contributed by atoms with Gasteiger partial charge in [0.15, 0.2) is 0 Å². The molecule has 0 radical (unpaired) electrons. The van der Waals surface area contributed by atoms with Gasteiger partial charge in [-0.3, -0.25) is 4.79 Å². The van der Waals surface area contributed by atoms with E-state index in [9.17, 15) is 4.79 Å². The number of hydrogen-bond donors (Lipinski definition) is 0. The molecule has 0 aliphatic carbocycles. The van der Waals surface area contributed by atoms with Crippen LogP contribution in [-0.4, -0.2) is 5.78 Å². The van der Waals surface area contributed by atoms with Gasteiger partial charge in [-0.1, -0.05) is 53.4 Å². The van der Waals surface area contributed by atoms with Crippen molar-refractivity contribution in [1.29, 1.82) is 0 Å². The summed E-state index contributed by atoms with van der Waals surface area (Å²) in [6.07, 6.45) is 6.19. The van der Waals surface area contributed by atoms with E-state index in [1.54, 1.807) is 0 Å².